The molecule has 0 saturated heterocycles. The van der Waals surface area contributed by atoms with E-state index >= 15 is 0 Å². The fourth-order valence-electron chi connectivity index (χ4n) is 1.40. The number of hydrogen-bond acceptors (Lipinski definition) is 3. The van der Waals surface area contributed by atoms with E-state index in [9.17, 15) is 0 Å². The van der Waals surface area contributed by atoms with Gasteiger partial charge in [-0.15, -0.1) is 0 Å². The van der Waals surface area contributed by atoms with Gasteiger partial charge in [-0.25, -0.2) is 9.97 Å². The fraction of sp³-hybridized carbons (Fsp3) is 0.545. The van der Waals surface area contributed by atoms with Crippen molar-refractivity contribution in [3.63, 3.8) is 0 Å². The Bertz CT molecular complexity index is 388. The highest BCUT2D eigenvalue weighted by Gasteiger charge is 2.16. The van der Waals surface area contributed by atoms with Gasteiger partial charge in [0.05, 0.1) is 28.2 Å². The van der Waals surface area contributed by atoms with Gasteiger partial charge in [0.15, 0.2) is 5.16 Å². The minimum Gasteiger partial charge on any atom is -0.261 e. The molecule has 0 radical (unpaired) electrons. The maximum absolute atomic E-state index is 4.42. The molecule has 0 atom stereocenters. The Balaban J connectivity index is 2.99. The first kappa shape index (κ1) is 13.0. The lowest BCUT2D eigenvalue weighted by Crippen LogP contribution is -2.26. The Kier molecular flexibility index (Phi) is 4.29. The Hall–Kier alpha value is -1.10. The molecule has 16 heavy (non-hydrogen) atoms. The predicted octanol–water partition coefficient (Wildman–Crippen LogP) is 1.38. The number of aryl methyl sites for hydroxylation is 2. The van der Waals surface area contributed by atoms with E-state index in [1.807, 2.05) is 48.1 Å². The number of amidine groups is 1. The largest absolute Gasteiger partial charge is 0.315 e. The zero-order chi connectivity index (χ0) is 12.3. The van der Waals surface area contributed by atoms with Gasteiger partial charge >= 0.3 is 5.17 Å². The molecule has 4 nitrogen and oxygen atoms in total. The van der Waals surface area contributed by atoms with Gasteiger partial charge in [0.1, 0.15) is 0 Å². The van der Waals surface area contributed by atoms with Crippen LogP contribution in [0.2, 0.25) is 0 Å². The Morgan fingerprint density at radius 1 is 1.19 bits per heavy atom. The minimum absolute atomic E-state index is 0.801. The van der Waals surface area contributed by atoms with Crippen LogP contribution in [0.15, 0.2) is 11.2 Å². The highest BCUT2D eigenvalue weighted by atomic mass is 32.2. The molecule has 1 aromatic rings. The molecule has 0 aliphatic heterocycles. The summed E-state index contributed by atoms with van der Waals surface area (Å²) in [4.78, 5) is 10.9. The van der Waals surface area contributed by atoms with Crippen LogP contribution in [-0.2, 0) is 0 Å². The first-order chi connectivity index (χ1) is 7.40. The molecule has 0 aliphatic rings. The molecule has 0 fully saturated rings. The lowest BCUT2D eigenvalue weighted by molar-refractivity contribution is -0.466. The Morgan fingerprint density at radius 2 is 1.69 bits per heavy atom. The second-order valence-corrected chi connectivity index (χ2v) is 5.04. The van der Waals surface area contributed by atoms with Crippen LogP contribution in [0.5, 0.6) is 0 Å². The van der Waals surface area contributed by atoms with E-state index in [4.69, 9.17) is 0 Å². The van der Waals surface area contributed by atoms with E-state index in [1.165, 1.54) is 0 Å². The first-order valence-corrected chi connectivity index (χ1v) is 5.93. The topological polar surface area (TPSA) is 32.0 Å². The third-order valence-corrected chi connectivity index (χ3v) is 3.19. The quantitative estimate of drug-likeness (QED) is 0.244. The molecule has 5 heteroatoms. The molecule has 0 bridgehead atoms. The van der Waals surface area contributed by atoms with Crippen molar-refractivity contribution in [2.24, 2.45) is 0 Å². The number of rotatable bonds is 1. The van der Waals surface area contributed by atoms with Crippen molar-refractivity contribution in [3.8, 4) is 0 Å². The van der Waals surface area contributed by atoms with E-state index in [2.05, 4.69) is 19.4 Å². The van der Waals surface area contributed by atoms with Gasteiger partial charge in [0.25, 0.3) is 0 Å². The Labute approximate surface area is 101 Å². The van der Waals surface area contributed by atoms with Crippen LogP contribution < -0.4 is 0 Å². The third kappa shape index (κ3) is 3.48. The molecule has 0 aliphatic carbocycles. The summed E-state index contributed by atoms with van der Waals surface area (Å²) in [6.07, 6.45) is 0. The van der Waals surface area contributed by atoms with Gasteiger partial charge in [-0.05, 0) is 19.9 Å². The molecule has 1 heterocycles. The molecule has 0 amide bonds. The van der Waals surface area contributed by atoms with Gasteiger partial charge in [-0.3, -0.25) is 9.48 Å². The van der Waals surface area contributed by atoms with Crippen molar-refractivity contribution in [1.82, 2.24) is 14.9 Å². The summed E-state index contributed by atoms with van der Waals surface area (Å²) >= 11 is 1.58. The normalized spacial score (nSPS) is 10.1. The monoisotopic (exact) mass is 239 g/mol. The van der Waals surface area contributed by atoms with Crippen LogP contribution in [0, 0.1) is 13.8 Å². The van der Waals surface area contributed by atoms with Crippen LogP contribution in [0.3, 0.4) is 0 Å². The summed E-state index contributed by atoms with van der Waals surface area (Å²) in [5.41, 5.74) is 2.01. The number of aromatic nitrogens is 2. The van der Waals surface area contributed by atoms with Crippen molar-refractivity contribution in [1.29, 1.82) is 0 Å². The lowest BCUT2D eigenvalue weighted by Gasteiger charge is -2.10. The van der Waals surface area contributed by atoms with Gasteiger partial charge < -0.3 is 0 Å². The molecule has 0 aromatic carbocycles. The molecular formula is C11H19N4S+. The molecule has 0 saturated carbocycles. The molecule has 1 rings (SSSR count). The van der Waals surface area contributed by atoms with Gasteiger partial charge in [0, 0.05) is 23.1 Å². The summed E-state index contributed by atoms with van der Waals surface area (Å²) in [7, 11) is 8.08. The van der Waals surface area contributed by atoms with Gasteiger partial charge in [0.2, 0.25) is 0 Å². The summed E-state index contributed by atoms with van der Waals surface area (Å²) < 4.78 is 2.06. The molecule has 88 valence electrons. The minimum atomic E-state index is 0.801. The van der Waals surface area contributed by atoms with Crippen molar-refractivity contribution in [2.75, 3.05) is 28.2 Å². The van der Waals surface area contributed by atoms with E-state index < -0.39 is 0 Å². The van der Waals surface area contributed by atoms with Gasteiger partial charge in [-0.1, -0.05) is 0 Å². The van der Waals surface area contributed by atoms with Crippen molar-refractivity contribution >= 4 is 16.9 Å². The molecule has 0 spiro atoms. The van der Waals surface area contributed by atoms with Crippen LogP contribution in [-0.4, -0.2) is 52.8 Å². The number of hydrogen-bond donors (Lipinski definition) is 0. The Morgan fingerprint density at radius 3 is 2.06 bits per heavy atom. The van der Waals surface area contributed by atoms with E-state index in [1.54, 1.807) is 11.8 Å². The summed E-state index contributed by atoms with van der Waals surface area (Å²) in [5.74, 6) is 0. The zero-order valence-electron chi connectivity index (χ0n) is 10.8. The summed E-state index contributed by atoms with van der Waals surface area (Å²) in [6, 6.07) is 1.98. The molecule has 1 aromatic heterocycles. The number of nitrogens with zero attached hydrogens (tertiary/aromatic N) is 4. The highest BCUT2D eigenvalue weighted by molar-refractivity contribution is 8.13. The van der Waals surface area contributed by atoms with Crippen molar-refractivity contribution < 1.29 is 4.58 Å². The average Bonchev–Trinajstić information content (AvgIpc) is 2.11. The first-order valence-electron chi connectivity index (χ1n) is 5.12. The smallest absolute Gasteiger partial charge is 0.261 e. The van der Waals surface area contributed by atoms with Crippen LogP contribution in [0.25, 0.3) is 0 Å². The summed E-state index contributed by atoms with van der Waals surface area (Å²) in [5, 5.41) is 1.92. The second-order valence-electron chi connectivity index (χ2n) is 4.11. The highest BCUT2D eigenvalue weighted by Crippen LogP contribution is 2.16. The molecule has 0 N–H and O–H groups in total. The van der Waals surface area contributed by atoms with Crippen molar-refractivity contribution in [2.45, 2.75) is 19.0 Å². The third-order valence-electron chi connectivity index (χ3n) is 1.91. The van der Waals surface area contributed by atoms with E-state index in [0.29, 0.717) is 0 Å². The molecular weight excluding hydrogens is 220 g/mol. The lowest BCUT2D eigenvalue weighted by atomic mass is 10.4. The van der Waals surface area contributed by atoms with E-state index in [0.717, 1.165) is 21.7 Å². The molecule has 0 unspecified atom stereocenters. The second kappa shape index (κ2) is 5.30. The average molecular weight is 239 g/mol. The predicted molar refractivity (Wildman–Crippen MR) is 68.2 cm³/mol. The van der Waals surface area contributed by atoms with E-state index in [-0.39, 0.29) is 0 Å². The fourth-order valence-corrected chi connectivity index (χ4v) is 2.31. The van der Waals surface area contributed by atoms with Crippen molar-refractivity contribution in [3.05, 3.63) is 17.5 Å². The van der Waals surface area contributed by atoms with Crippen LogP contribution in [0.1, 0.15) is 11.4 Å². The maximum Gasteiger partial charge on any atom is 0.315 e. The summed E-state index contributed by atoms with van der Waals surface area (Å²) in [6.45, 7) is 3.98. The zero-order valence-corrected chi connectivity index (χ0v) is 11.6. The maximum atomic E-state index is 4.42. The van der Waals surface area contributed by atoms with Crippen LogP contribution in [0.4, 0.5) is 0 Å². The van der Waals surface area contributed by atoms with Gasteiger partial charge in [-0.2, -0.15) is 0 Å². The standard InChI is InChI=1S/C11H19N4S/c1-8-7-9(2)13-10(12-8)16-11(14(3)4)15(5)6/h7H,1-6H3/q+1. The SMILES string of the molecule is Cc1cc(C)nc(SC(N(C)C)=[N+](C)C)n1. The van der Waals surface area contributed by atoms with Crippen LogP contribution >= 0.6 is 11.8 Å². The number of thioether (sulfide) groups is 1.